The Labute approximate surface area is 105 Å². The minimum atomic E-state index is -3.24. The third-order valence-electron chi connectivity index (χ3n) is 2.49. The number of pyridine rings is 1. The smallest absolute Gasteiger partial charge is 0.178 e. The minimum absolute atomic E-state index is 0.136. The maximum absolute atomic E-state index is 11.3. The van der Waals surface area contributed by atoms with Crippen LogP contribution in [0.5, 0.6) is 0 Å². The van der Waals surface area contributed by atoms with Gasteiger partial charge in [-0.3, -0.25) is 4.98 Å². The van der Waals surface area contributed by atoms with Crippen molar-refractivity contribution in [1.29, 1.82) is 0 Å². The summed E-state index contributed by atoms with van der Waals surface area (Å²) in [5.74, 6) is 0. The topological polar surface area (TPSA) is 90.9 Å². The van der Waals surface area contributed by atoms with Crippen LogP contribution in [0.1, 0.15) is 18.7 Å². The van der Waals surface area contributed by atoms with Gasteiger partial charge in [0.15, 0.2) is 9.84 Å². The van der Waals surface area contributed by atoms with E-state index in [1.165, 1.54) is 17.1 Å². The highest BCUT2D eigenvalue weighted by molar-refractivity contribution is 7.90. The van der Waals surface area contributed by atoms with Gasteiger partial charge in [0.2, 0.25) is 0 Å². The molecule has 7 heteroatoms. The summed E-state index contributed by atoms with van der Waals surface area (Å²) in [6.45, 7) is 1.84. The molecule has 2 N–H and O–H groups in total. The van der Waals surface area contributed by atoms with Crippen LogP contribution in [0.25, 0.3) is 5.69 Å². The van der Waals surface area contributed by atoms with Gasteiger partial charge in [-0.2, -0.15) is 5.10 Å². The van der Waals surface area contributed by atoms with E-state index in [1.54, 1.807) is 18.3 Å². The molecule has 2 aromatic rings. The summed E-state index contributed by atoms with van der Waals surface area (Å²) in [7, 11) is -3.24. The van der Waals surface area contributed by atoms with E-state index in [2.05, 4.69) is 10.1 Å². The molecule has 0 aromatic carbocycles. The van der Waals surface area contributed by atoms with Crippen molar-refractivity contribution in [1.82, 2.24) is 14.8 Å². The Morgan fingerprint density at radius 2 is 2.06 bits per heavy atom. The van der Waals surface area contributed by atoms with E-state index in [4.69, 9.17) is 5.73 Å². The fourth-order valence-corrected chi connectivity index (χ4v) is 1.97. The molecule has 6 nitrogen and oxygen atoms in total. The molecule has 2 aromatic heterocycles. The van der Waals surface area contributed by atoms with Crippen LogP contribution < -0.4 is 5.73 Å². The molecule has 0 aliphatic carbocycles. The van der Waals surface area contributed by atoms with Crippen LogP contribution in [0.15, 0.2) is 35.6 Å². The van der Waals surface area contributed by atoms with Crippen molar-refractivity contribution in [3.8, 4) is 5.69 Å². The van der Waals surface area contributed by atoms with Crippen molar-refractivity contribution >= 4 is 9.84 Å². The predicted octanol–water partition coefficient (Wildman–Crippen LogP) is 0.691. The van der Waals surface area contributed by atoms with Crippen molar-refractivity contribution in [2.24, 2.45) is 5.73 Å². The number of aromatic nitrogens is 3. The fourth-order valence-electron chi connectivity index (χ4n) is 1.44. The number of nitrogens with two attached hydrogens (primary N) is 1. The molecule has 0 aliphatic rings. The van der Waals surface area contributed by atoms with E-state index >= 15 is 0 Å². The molecule has 0 aliphatic heterocycles. The largest absolute Gasteiger partial charge is 0.323 e. The second-order valence-corrected chi connectivity index (χ2v) is 6.14. The van der Waals surface area contributed by atoms with Gasteiger partial charge in [-0.25, -0.2) is 13.1 Å². The summed E-state index contributed by atoms with van der Waals surface area (Å²) in [6, 6.07) is 3.45. The van der Waals surface area contributed by atoms with Crippen LogP contribution in [0, 0.1) is 0 Å². The van der Waals surface area contributed by atoms with Gasteiger partial charge in [-0.1, -0.05) is 0 Å². The van der Waals surface area contributed by atoms with Crippen molar-refractivity contribution < 1.29 is 8.42 Å². The molecule has 0 saturated heterocycles. The highest BCUT2D eigenvalue weighted by Crippen LogP contribution is 2.13. The van der Waals surface area contributed by atoms with E-state index < -0.39 is 9.84 Å². The fraction of sp³-hybridized carbons (Fsp3) is 0.273. The molecule has 1 atom stereocenters. The van der Waals surface area contributed by atoms with E-state index in [0.29, 0.717) is 5.69 Å². The standard InChI is InChI=1S/C11H14N4O2S/c1-8(12)11-4-3-9(5-13-11)15-7-10(6-14-15)18(2,16)17/h3-8H,12H2,1-2H3/t8-/m0/s1. The zero-order chi connectivity index (χ0) is 13.3. The van der Waals surface area contributed by atoms with E-state index in [0.717, 1.165) is 11.9 Å². The Balaban J connectivity index is 2.35. The Kier molecular flexibility index (Phi) is 3.18. The average Bonchev–Trinajstić information content (AvgIpc) is 2.78. The van der Waals surface area contributed by atoms with Gasteiger partial charge in [0.1, 0.15) is 4.90 Å². The van der Waals surface area contributed by atoms with Gasteiger partial charge in [0.25, 0.3) is 0 Å². The molecular weight excluding hydrogens is 252 g/mol. The first-order chi connectivity index (χ1) is 8.38. The maximum atomic E-state index is 11.3. The van der Waals surface area contributed by atoms with Gasteiger partial charge < -0.3 is 5.73 Å². The van der Waals surface area contributed by atoms with Crippen LogP contribution in [-0.2, 0) is 9.84 Å². The molecule has 0 radical (unpaired) electrons. The Hall–Kier alpha value is -1.73. The SMILES string of the molecule is C[C@H](N)c1ccc(-n2cc(S(C)(=O)=O)cn2)cn1. The average molecular weight is 266 g/mol. The van der Waals surface area contributed by atoms with Crippen molar-refractivity contribution in [3.63, 3.8) is 0 Å². The minimum Gasteiger partial charge on any atom is -0.323 e. The van der Waals surface area contributed by atoms with E-state index in [-0.39, 0.29) is 10.9 Å². The highest BCUT2D eigenvalue weighted by atomic mass is 32.2. The van der Waals surface area contributed by atoms with Crippen LogP contribution in [0.3, 0.4) is 0 Å². The number of nitrogens with zero attached hydrogens (tertiary/aromatic N) is 3. The van der Waals surface area contributed by atoms with Gasteiger partial charge in [-0.05, 0) is 19.1 Å². The summed E-state index contributed by atoms with van der Waals surface area (Å²) in [5.41, 5.74) is 7.16. The lowest BCUT2D eigenvalue weighted by Crippen LogP contribution is -2.07. The number of sulfone groups is 1. The number of hydrogen-bond acceptors (Lipinski definition) is 5. The quantitative estimate of drug-likeness (QED) is 0.882. The lowest BCUT2D eigenvalue weighted by Gasteiger charge is -2.05. The summed E-state index contributed by atoms with van der Waals surface area (Å²) in [6.07, 6.45) is 5.52. The van der Waals surface area contributed by atoms with Gasteiger partial charge in [-0.15, -0.1) is 0 Å². The molecule has 96 valence electrons. The summed E-state index contributed by atoms with van der Waals surface area (Å²) in [4.78, 5) is 4.37. The van der Waals surface area contributed by atoms with Crippen LogP contribution in [0.2, 0.25) is 0 Å². The maximum Gasteiger partial charge on any atom is 0.178 e. The van der Waals surface area contributed by atoms with Crippen LogP contribution in [0.4, 0.5) is 0 Å². The first-order valence-corrected chi connectivity index (χ1v) is 7.23. The molecule has 0 saturated carbocycles. The second-order valence-electron chi connectivity index (χ2n) is 4.12. The molecule has 0 amide bonds. The van der Waals surface area contributed by atoms with Gasteiger partial charge >= 0.3 is 0 Å². The molecule has 0 spiro atoms. The first kappa shape index (κ1) is 12.7. The predicted molar refractivity (Wildman–Crippen MR) is 67.1 cm³/mol. The van der Waals surface area contributed by atoms with Crippen molar-refractivity contribution in [2.45, 2.75) is 17.9 Å². The van der Waals surface area contributed by atoms with E-state index in [1.807, 2.05) is 6.92 Å². The molecule has 0 fully saturated rings. The summed E-state index contributed by atoms with van der Waals surface area (Å²) in [5, 5.41) is 3.99. The highest BCUT2D eigenvalue weighted by Gasteiger charge is 2.11. The molecule has 0 unspecified atom stereocenters. The van der Waals surface area contributed by atoms with Crippen molar-refractivity contribution in [2.75, 3.05) is 6.26 Å². The monoisotopic (exact) mass is 266 g/mol. The zero-order valence-corrected chi connectivity index (χ0v) is 10.9. The Morgan fingerprint density at radius 3 is 2.50 bits per heavy atom. The number of rotatable bonds is 3. The molecule has 0 bridgehead atoms. The third-order valence-corrected chi connectivity index (χ3v) is 3.56. The lowest BCUT2D eigenvalue weighted by molar-refractivity contribution is 0.602. The van der Waals surface area contributed by atoms with Crippen molar-refractivity contribution in [3.05, 3.63) is 36.4 Å². The Bertz CT molecular complexity index is 644. The third kappa shape index (κ3) is 2.57. The zero-order valence-electron chi connectivity index (χ0n) is 10.1. The van der Waals surface area contributed by atoms with Gasteiger partial charge in [0, 0.05) is 18.5 Å². The summed E-state index contributed by atoms with van der Waals surface area (Å²) >= 11 is 0. The molecule has 2 rings (SSSR count). The molecule has 2 heterocycles. The van der Waals surface area contributed by atoms with Crippen LogP contribution >= 0.6 is 0 Å². The first-order valence-electron chi connectivity index (χ1n) is 5.34. The Morgan fingerprint density at radius 1 is 1.33 bits per heavy atom. The molecule has 18 heavy (non-hydrogen) atoms. The number of hydrogen-bond donors (Lipinski definition) is 1. The van der Waals surface area contributed by atoms with E-state index in [9.17, 15) is 8.42 Å². The summed E-state index contributed by atoms with van der Waals surface area (Å²) < 4.78 is 24.1. The normalized spacial score (nSPS) is 13.5. The van der Waals surface area contributed by atoms with Gasteiger partial charge in [0.05, 0.1) is 23.8 Å². The second kappa shape index (κ2) is 4.51. The molecular formula is C11H14N4O2S. The van der Waals surface area contributed by atoms with Crippen LogP contribution in [-0.4, -0.2) is 29.4 Å². The lowest BCUT2D eigenvalue weighted by atomic mass is 10.2.